The van der Waals surface area contributed by atoms with Crippen LogP contribution in [0.5, 0.6) is 0 Å². The van der Waals surface area contributed by atoms with Crippen molar-refractivity contribution in [1.82, 2.24) is 0 Å². The fourth-order valence-corrected chi connectivity index (χ4v) is 2.07. The molecule has 0 radical (unpaired) electrons. The van der Waals surface area contributed by atoms with Crippen molar-refractivity contribution in [2.24, 2.45) is 5.14 Å². The van der Waals surface area contributed by atoms with E-state index in [0.29, 0.717) is 0 Å². The Bertz CT molecular complexity index is 564. The molecule has 0 saturated carbocycles. The smallest absolute Gasteiger partial charge is 0.424 e. The van der Waals surface area contributed by atoms with Gasteiger partial charge < -0.3 is 9.47 Å². The number of carbonyl (C=O) groups excluding carboxylic acids is 1. The number of rotatable bonds is 5. The monoisotopic (exact) mass is 302 g/mol. The van der Waals surface area contributed by atoms with E-state index in [1.807, 2.05) is 0 Å². The molecule has 0 spiro atoms. The zero-order valence-corrected chi connectivity index (χ0v) is 10.8. The lowest BCUT2D eigenvalue weighted by molar-refractivity contribution is -0.386. The number of para-hydroxylation sites is 1. The van der Waals surface area contributed by atoms with Gasteiger partial charge in [0.2, 0.25) is 11.3 Å². The highest BCUT2D eigenvalue weighted by Gasteiger charge is 2.41. The Kier molecular flexibility index (Phi) is 4.27. The van der Waals surface area contributed by atoms with Crippen molar-refractivity contribution >= 4 is 23.1 Å². The van der Waals surface area contributed by atoms with Gasteiger partial charge in [0.05, 0.1) is 10.5 Å². The number of nitro groups is 1. The van der Waals surface area contributed by atoms with Crippen LogP contribution in [0.1, 0.15) is 11.7 Å². The zero-order chi connectivity index (χ0) is 14.7. The summed E-state index contributed by atoms with van der Waals surface area (Å²) in [7, 11) is 0. The summed E-state index contributed by atoms with van der Waals surface area (Å²) in [6.07, 6.45) is -2.96. The Morgan fingerprint density at radius 2 is 2.10 bits per heavy atom. The molecular formula is C10H10N2O7S. The molecule has 1 aliphatic rings. The second kappa shape index (κ2) is 5.94. The Morgan fingerprint density at radius 1 is 1.40 bits per heavy atom. The molecule has 1 aromatic carbocycles. The molecule has 0 amide bonds. The van der Waals surface area contributed by atoms with E-state index in [2.05, 4.69) is 4.18 Å². The summed E-state index contributed by atoms with van der Waals surface area (Å²) in [5, 5.41) is 15.9. The van der Waals surface area contributed by atoms with Crippen LogP contribution >= 0.6 is 0 Å². The van der Waals surface area contributed by atoms with Gasteiger partial charge in [-0.05, 0) is 6.07 Å². The molecule has 0 aliphatic carbocycles. The highest BCUT2D eigenvalue weighted by molar-refractivity contribution is 7.77. The molecule has 1 heterocycles. The van der Waals surface area contributed by atoms with Crippen LogP contribution in [0.25, 0.3) is 0 Å². The van der Waals surface area contributed by atoms with E-state index < -0.39 is 34.6 Å². The lowest BCUT2D eigenvalue weighted by Gasteiger charge is -2.14. The van der Waals surface area contributed by atoms with Crippen LogP contribution in [0.2, 0.25) is 0 Å². The predicted molar refractivity (Wildman–Crippen MR) is 65.5 cm³/mol. The molecule has 0 bridgehead atoms. The van der Waals surface area contributed by atoms with Crippen molar-refractivity contribution in [1.29, 1.82) is 0 Å². The van der Waals surface area contributed by atoms with Gasteiger partial charge in [0.25, 0.3) is 5.69 Å². The van der Waals surface area contributed by atoms with Gasteiger partial charge in [0.15, 0.2) is 12.2 Å². The van der Waals surface area contributed by atoms with Gasteiger partial charge >= 0.3 is 6.16 Å². The predicted octanol–water partition coefficient (Wildman–Crippen LogP) is 0.725. The van der Waals surface area contributed by atoms with Gasteiger partial charge in [-0.3, -0.25) is 14.3 Å². The number of cyclic esters (lactones) is 2. The molecule has 20 heavy (non-hydrogen) atoms. The third-order valence-electron chi connectivity index (χ3n) is 2.60. The molecule has 1 unspecified atom stereocenters. The van der Waals surface area contributed by atoms with Crippen molar-refractivity contribution in [3.05, 3.63) is 39.9 Å². The minimum Gasteiger partial charge on any atom is -0.424 e. The SMILES string of the molecule is NS(=O)OC[C@H]1OC(=O)O[C@@H]1c1ccccc1[N+](=O)[O-]. The van der Waals surface area contributed by atoms with Crippen LogP contribution in [-0.2, 0) is 24.9 Å². The van der Waals surface area contributed by atoms with Crippen molar-refractivity contribution in [3.8, 4) is 0 Å². The van der Waals surface area contributed by atoms with Gasteiger partial charge in [-0.1, -0.05) is 12.1 Å². The number of nitrogens with zero attached hydrogens (tertiary/aromatic N) is 1. The van der Waals surface area contributed by atoms with E-state index in [0.717, 1.165) is 0 Å². The number of hydrogen-bond donors (Lipinski definition) is 1. The molecular weight excluding hydrogens is 292 g/mol. The number of ether oxygens (including phenoxy) is 2. The average molecular weight is 302 g/mol. The van der Waals surface area contributed by atoms with E-state index >= 15 is 0 Å². The molecule has 1 aromatic rings. The number of benzene rings is 1. The minimum atomic E-state index is -2.04. The van der Waals surface area contributed by atoms with Gasteiger partial charge in [-0.25, -0.2) is 14.1 Å². The quantitative estimate of drug-likeness (QED) is 0.481. The van der Waals surface area contributed by atoms with Crippen LogP contribution in [0.4, 0.5) is 10.5 Å². The lowest BCUT2D eigenvalue weighted by atomic mass is 10.0. The Labute approximate surface area is 115 Å². The van der Waals surface area contributed by atoms with Crippen LogP contribution < -0.4 is 5.14 Å². The average Bonchev–Trinajstić information content (AvgIpc) is 2.77. The van der Waals surface area contributed by atoms with Crippen molar-refractivity contribution < 1.29 is 27.6 Å². The minimum absolute atomic E-state index is 0.166. The third-order valence-corrected chi connectivity index (χ3v) is 2.97. The molecule has 1 saturated heterocycles. The first-order valence-electron chi connectivity index (χ1n) is 5.39. The molecule has 1 fully saturated rings. The van der Waals surface area contributed by atoms with Crippen LogP contribution in [-0.4, -0.2) is 28.0 Å². The van der Waals surface area contributed by atoms with Gasteiger partial charge in [-0.2, -0.15) is 0 Å². The molecule has 2 rings (SSSR count). The number of hydrogen-bond acceptors (Lipinski definition) is 7. The van der Waals surface area contributed by atoms with E-state index in [9.17, 15) is 19.1 Å². The number of nitro benzene ring substituents is 1. The lowest BCUT2D eigenvalue weighted by Crippen LogP contribution is -2.24. The maximum atomic E-state index is 11.2. The summed E-state index contributed by atoms with van der Waals surface area (Å²) in [4.78, 5) is 21.5. The Morgan fingerprint density at radius 3 is 2.75 bits per heavy atom. The molecule has 3 atom stereocenters. The molecule has 108 valence electrons. The largest absolute Gasteiger partial charge is 0.509 e. The Hall–Kier alpha value is -2.04. The molecule has 1 aliphatic heterocycles. The first-order chi connectivity index (χ1) is 9.49. The summed E-state index contributed by atoms with van der Waals surface area (Å²) < 4.78 is 25.0. The first kappa shape index (κ1) is 14.4. The van der Waals surface area contributed by atoms with Crippen molar-refractivity contribution in [2.75, 3.05) is 6.61 Å². The molecule has 0 aromatic heterocycles. The van der Waals surface area contributed by atoms with E-state index in [-0.39, 0.29) is 17.9 Å². The van der Waals surface area contributed by atoms with Gasteiger partial charge in [0, 0.05) is 6.07 Å². The maximum absolute atomic E-state index is 11.2. The van der Waals surface area contributed by atoms with Crippen LogP contribution in [0.3, 0.4) is 0 Å². The Balaban J connectivity index is 2.27. The van der Waals surface area contributed by atoms with Gasteiger partial charge in [0.1, 0.15) is 6.61 Å². The van der Waals surface area contributed by atoms with Gasteiger partial charge in [-0.15, -0.1) is 0 Å². The molecule has 2 N–H and O–H groups in total. The summed E-state index contributed by atoms with van der Waals surface area (Å²) >= 11 is -2.04. The molecule has 10 heteroatoms. The molecule has 9 nitrogen and oxygen atoms in total. The third kappa shape index (κ3) is 3.10. The van der Waals surface area contributed by atoms with Crippen molar-refractivity contribution in [2.45, 2.75) is 12.2 Å². The van der Waals surface area contributed by atoms with E-state index in [1.165, 1.54) is 18.2 Å². The first-order valence-corrected chi connectivity index (χ1v) is 6.53. The van der Waals surface area contributed by atoms with Crippen LogP contribution in [0, 0.1) is 10.1 Å². The second-order valence-corrected chi connectivity index (χ2v) is 4.56. The highest BCUT2D eigenvalue weighted by atomic mass is 32.2. The maximum Gasteiger partial charge on any atom is 0.509 e. The topological polar surface area (TPSA) is 131 Å². The zero-order valence-electron chi connectivity index (χ0n) is 9.96. The van der Waals surface area contributed by atoms with E-state index in [4.69, 9.17) is 14.6 Å². The number of carbonyl (C=O) groups is 1. The summed E-state index contributed by atoms with van der Waals surface area (Å²) in [5.41, 5.74) is -0.0468. The normalized spacial score (nSPS) is 22.9. The summed E-state index contributed by atoms with van der Waals surface area (Å²) in [6.45, 7) is -0.300. The fraction of sp³-hybridized carbons (Fsp3) is 0.300. The second-order valence-electron chi connectivity index (χ2n) is 3.81. The summed E-state index contributed by atoms with van der Waals surface area (Å²) in [6, 6.07) is 5.77. The van der Waals surface area contributed by atoms with E-state index in [1.54, 1.807) is 6.07 Å². The van der Waals surface area contributed by atoms with Crippen LogP contribution in [0.15, 0.2) is 24.3 Å². The summed E-state index contributed by atoms with van der Waals surface area (Å²) in [5.74, 6) is 0. The van der Waals surface area contributed by atoms with Crippen molar-refractivity contribution in [3.63, 3.8) is 0 Å². The fourth-order valence-electron chi connectivity index (χ4n) is 1.81. The highest BCUT2D eigenvalue weighted by Crippen LogP contribution is 2.35. The standard InChI is InChI=1S/C10H10N2O7S/c11-20(16)17-5-8-9(19-10(13)18-8)6-3-1-2-4-7(6)12(14)15/h1-4,8-9H,5,11H2/t8-,9-,20?/m1/s1. The number of nitrogens with two attached hydrogens (primary N) is 1.